The quantitative estimate of drug-likeness (QED) is 0.318. The van der Waals surface area contributed by atoms with E-state index in [9.17, 15) is 0 Å². The molecule has 3 heterocycles. The van der Waals surface area contributed by atoms with Gasteiger partial charge in [0.15, 0.2) is 5.69 Å². The monoisotopic (exact) mass is 332 g/mol. The number of para-hydroxylation sites is 1. The Hall–Kier alpha value is -2.35. The molecular weight excluding hydrogens is 304 g/mol. The van der Waals surface area contributed by atoms with Crippen LogP contribution in [0.5, 0.6) is 0 Å². The summed E-state index contributed by atoms with van der Waals surface area (Å²) in [5, 5.41) is 3.59. The minimum absolute atomic E-state index is 0.552. The third-order valence-corrected chi connectivity index (χ3v) is 6.58. The lowest BCUT2D eigenvalue weighted by atomic mass is 9.61. The average Bonchev–Trinajstić information content (AvgIpc) is 2.96. The van der Waals surface area contributed by atoms with Crippen LogP contribution < -0.4 is 4.57 Å². The number of fused-ring (bicyclic) bond motifs is 3. The average molecular weight is 332 g/mol. The van der Waals surface area contributed by atoms with Gasteiger partial charge in [0.2, 0.25) is 0 Å². The normalized spacial score (nSPS) is 24.0. The fourth-order valence-electron chi connectivity index (χ4n) is 4.73. The lowest BCUT2D eigenvalue weighted by Crippen LogP contribution is -2.44. The van der Waals surface area contributed by atoms with Gasteiger partial charge in [-0.05, 0) is 12.5 Å². The first kappa shape index (κ1) is 12.1. The highest BCUT2D eigenvalue weighted by Crippen LogP contribution is 2.50. The number of rotatable bonds is 0. The molecule has 2 aromatic heterocycles. The second kappa shape index (κ2) is 4.24. The van der Waals surface area contributed by atoms with Crippen molar-refractivity contribution in [1.29, 1.82) is 0 Å². The summed E-state index contributed by atoms with van der Waals surface area (Å²) < 4.78 is 29.8. The Morgan fingerprint density at radius 2 is 1.72 bits per heavy atom. The Kier molecular flexibility index (Phi) is 2.05. The van der Waals surface area contributed by atoms with E-state index < -0.39 is 17.7 Å². The maximum absolute atomic E-state index is 8.50. The lowest BCUT2D eigenvalue weighted by Gasteiger charge is -2.42. The third-order valence-electron chi connectivity index (χ3n) is 6.58. The smallest absolute Gasteiger partial charge is 0.232 e. The SMILES string of the molecule is [2H]C([2H])([2H])C1(C)c2c[n+](C)c3c4c(C)cccc4c4cccc(c4n23)C1(C)C. The van der Waals surface area contributed by atoms with Crippen LogP contribution in [0.3, 0.4) is 0 Å². The van der Waals surface area contributed by atoms with Gasteiger partial charge in [-0.1, -0.05) is 64.0 Å². The molecule has 1 aliphatic heterocycles. The molecule has 126 valence electrons. The Labute approximate surface area is 152 Å². The van der Waals surface area contributed by atoms with Crippen molar-refractivity contribution in [2.75, 3.05) is 0 Å². The first-order valence-electron chi connectivity index (χ1n) is 10.4. The summed E-state index contributed by atoms with van der Waals surface area (Å²) in [5.41, 5.74) is 3.80. The molecule has 0 radical (unpaired) electrons. The van der Waals surface area contributed by atoms with Gasteiger partial charge in [-0.2, -0.15) is 4.40 Å². The molecule has 1 aliphatic rings. The van der Waals surface area contributed by atoms with Gasteiger partial charge in [-0.15, -0.1) is 0 Å². The van der Waals surface area contributed by atoms with Crippen molar-refractivity contribution in [3.8, 4) is 0 Å². The van der Waals surface area contributed by atoms with E-state index in [4.69, 9.17) is 4.11 Å². The second-order valence-electron chi connectivity index (χ2n) is 8.23. The highest BCUT2D eigenvalue weighted by atomic mass is 15.1. The van der Waals surface area contributed by atoms with Crippen molar-refractivity contribution in [1.82, 2.24) is 4.40 Å². The summed E-state index contributed by atoms with van der Waals surface area (Å²) in [6.45, 7) is 6.06. The zero-order valence-corrected chi connectivity index (χ0v) is 15.4. The second-order valence-corrected chi connectivity index (χ2v) is 8.23. The molecule has 0 fully saturated rings. The van der Waals surface area contributed by atoms with Crippen molar-refractivity contribution in [3.63, 3.8) is 0 Å². The van der Waals surface area contributed by atoms with Crippen molar-refractivity contribution < 1.29 is 8.68 Å². The topological polar surface area (TPSA) is 8.29 Å². The molecule has 0 spiro atoms. The number of aromatic nitrogens is 2. The molecular formula is C23H25N2+. The summed E-state index contributed by atoms with van der Waals surface area (Å²) in [4.78, 5) is 0. The van der Waals surface area contributed by atoms with Crippen molar-refractivity contribution in [3.05, 3.63) is 59.4 Å². The molecule has 4 aromatic rings. The first-order chi connectivity index (χ1) is 13.0. The number of imidazole rings is 1. The van der Waals surface area contributed by atoms with Gasteiger partial charge in [0.05, 0.1) is 12.4 Å². The summed E-state index contributed by atoms with van der Waals surface area (Å²) in [5.74, 6) is 0. The Morgan fingerprint density at radius 3 is 2.48 bits per heavy atom. The largest absolute Gasteiger partial charge is 0.295 e. The van der Waals surface area contributed by atoms with E-state index in [1.807, 2.05) is 20.2 Å². The van der Waals surface area contributed by atoms with Crippen molar-refractivity contribution >= 4 is 27.3 Å². The molecule has 5 rings (SSSR count). The number of benzene rings is 2. The van der Waals surface area contributed by atoms with E-state index in [1.165, 1.54) is 21.7 Å². The maximum Gasteiger partial charge on any atom is 0.295 e. The van der Waals surface area contributed by atoms with Crippen LogP contribution >= 0.6 is 0 Å². The molecule has 2 nitrogen and oxygen atoms in total. The van der Waals surface area contributed by atoms with Crippen LogP contribution in [-0.4, -0.2) is 4.40 Å². The standard InChI is InChI=1S/C23H25N2/c1-14-9-7-10-15-16-11-8-12-17-20(16)25-18(23(4,5)22(17,2)3)13-24(6)21(25)19(14)15/h7-13H,1-6H3/q+1/i4D3. The van der Waals surface area contributed by atoms with Gasteiger partial charge in [0, 0.05) is 31.3 Å². The summed E-state index contributed by atoms with van der Waals surface area (Å²) in [7, 11) is 2.03. The van der Waals surface area contributed by atoms with Crippen molar-refractivity contribution in [2.24, 2.45) is 7.05 Å². The van der Waals surface area contributed by atoms with Crippen LogP contribution in [0.4, 0.5) is 0 Å². The van der Waals surface area contributed by atoms with Gasteiger partial charge >= 0.3 is 0 Å². The van der Waals surface area contributed by atoms with E-state index in [0.29, 0.717) is 0 Å². The molecule has 0 N–H and O–H groups in total. The minimum atomic E-state index is -2.14. The van der Waals surface area contributed by atoms with Gasteiger partial charge in [-0.25, -0.2) is 4.57 Å². The number of hydrogen-bond donors (Lipinski definition) is 0. The predicted molar refractivity (Wildman–Crippen MR) is 104 cm³/mol. The fraction of sp³-hybridized carbons (Fsp3) is 0.348. The summed E-state index contributed by atoms with van der Waals surface area (Å²) >= 11 is 0. The van der Waals surface area contributed by atoms with Gasteiger partial charge in [0.1, 0.15) is 11.7 Å². The number of pyridine rings is 1. The predicted octanol–water partition coefficient (Wildman–Crippen LogP) is 4.95. The number of aryl methyl sites for hydroxylation is 2. The first-order valence-corrected chi connectivity index (χ1v) is 8.88. The molecule has 1 unspecified atom stereocenters. The molecule has 2 heteroatoms. The zero-order chi connectivity index (χ0) is 20.2. The fourth-order valence-corrected chi connectivity index (χ4v) is 4.73. The van der Waals surface area contributed by atoms with Crippen LogP contribution in [-0.2, 0) is 17.9 Å². The van der Waals surface area contributed by atoms with E-state index in [1.54, 1.807) is 0 Å². The molecule has 0 saturated heterocycles. The summed E-state index contributed by atoms with van der Waals surface area (Å²) in [6.07, 6.45) is 2.03. The van der Waals surface area contributed by atoms with E-state index >= 15 is 0 Å². The minimum Gasteiger partial charge on any atom is -0.232 e. The molecule has 0 saturated carbocycles. The summed E-state index contributed by atoms with van der Waals surface area (Å²) in [6, 6.07) is 12.8. The van der Waals surface area contributed by atoms with Crippen LogP contribution in [0.2, 0.25) is 0 Å². The van der Waals surface area contributed by atoms with Gasteiger partial charge in [-0.3, -0.25) is 0 Å². The Morgan fingerprint density at radius 1 is 1.00 bits per heavy atom. The maximum atomic E-state index is 8.50. The third kappa shape index (κ3) is 1.50. The van der Waals surface area contributed by atoms with E-state index in [2.05, 4.69) is 66.1 Å². The van der Waals surface area contributed by atoms with Crippen LogP contribution in [0.25, 0.3) is 27.3 Å². The number of hydrogen-bond acceptors (Lipinski definition) is 0. The Balaban J connectivity index is 2.20. The van der Waals surface area contributed by atoms with Gasteiger partial charge in [0.25, 0.3) is 5.65 Å². The van der Waals surface area contributed by atoms with Crippen LogP contribution in [0.15, 0.2) is 42.6 Å². The van der Waals surface area contributed by atoms with Crippen LogP contribution in [0.1, 0.15) is 48.6 Å². The Bertz CT molecular complexity index is 1310. The van der Waals surface area contributed by atoms with E-state index in [-0.39, 0.29) is 0 Å². The molecule has 25 heavy (non-hydrogen) atoms. The molecule has 0 bridgehead atoms. The molecule has 0 aliphatic carbocycles. The van der Waals surface area contributed by atoms with Crippen molar-refractivity contribution in [2.45, 2.75) is 45.4 Å². The highest BCUT2D eigenvalue weighted by molar-refractivity contribution is 6.13. The van der Waals surface area contributed by atoms with Crippen LogP contribution in [0, 0.1) is 6.92 Å². The highest BCUT2D eigenvalue weighted by Gasteiger charge is 2.50. The molecule has 0 amide bonds. The molecule has 1 atom stereocenters. The van der Waals surface area contributed by atoms with Gasteiger partial charge < -0.3 is 0 Å². The lowest BCUT2D eigenvalue weighted by molar-refractivity contribution is -0.643. The molecule has 2 aromatic carbocycles. The number of nitrogens with zero attached hydrogens (tertiary/aromatic N) is 2. The zero-order valence-electron chi connectivity index (χ0n) is 18.4. The van der Waals surface area contributed by atoms with E-state index in [0.717, 1.165) is 22.4 Å².